The van der Waals surface area contributed by atoms with Gasteiger partial charge in [-0.15, -0.1) is 0 Å². The molecule has 0 radical (unpaired) electrons. The van der Waals surface area contributed by atoms with E-state index < -0.39 is 10.0 Å². The summed E-state index contributed by atoms with van der Waals surface area (Å²) in [6.45, 7) is 2.77. The molecule has 1 N–H and O–H groups in total. The van der Waals surface area contributed by atoms with Crippen LogP contribution in [0, 0.1) is 5.92 Å². The Bertz CT molecular complexity index is 634. The highest BCUT2D eigenvalue weighted by Crippen LogP contribution is 2.34. The lowest BCUT2D eigenvalue weighted by molar-refractivity contribution is -0.0325. The van der Waals surface area contributed by atoms with Crippen LogP contribution in [0.5, 0.6) is 0 Å². The molecular weight excluding hydrogens is 430 g/mol. The van der Waals surface area contributed by atoms with Crippen LogP contribution in [0.3, 0.4) is 0 Å². The third kappa shape index (κ3) is 5.88. The fourth-order valence-corrected chi connectivity index (χ4v) is 4.49. The molecule has 2 heterocycles. The molecule has 2 saturated heterocycles. The molecule has 150 valence electrons. The summed E-state index contributed by atoms with van der Waals surface area (Å²) >= 11 is 24.1. The molecule has 4 nitrogen and oxygen atoms in total. The second kappa shape index (κ2) is 9.51. The zero-order valence-corrected chi connectivity index (χ0v) is 18.0. The highest BCUT2D eigenvalue weighted by Gasteiger charge is 2.38. The lowest BCUT2D eigenvalue weighted by atomic mass is 9.84. The standard InChI is InChI=1S/C19H24Cl4N2O2/c20-15-8-6-13(7-9-15)17(26)24-18(19(21,22)23)27-12-14-4-3-11-25-10-2-1-5-16(14)25/h6-9,14,16,18H,1-5,10-12H2,(H,24,26)/t14-,16+,18-/m1/s1. The molecule has 27 heavy (non-hydrogen) atoms. The van der Waals surface area contributed by atoms with Gasteiger partial charge in [0, 0.05) is 16.6 Å². The minimum atomic E-state index is -1.76. The Hall–Kier alpha value is -0.230. The van der Waals surface area contributed by atoms with Gasteiger partial charge in [-0.1, -0.05) is 52.8 Å². The number of benzene rings is 1. The predicted molar refractivity (Wildman–Crippen MR) is 111 cm³/mol. The summed E-state index contributed by atoms with van der Waals surface area (Å²) in [4.78, 5) is 15.0. The number of carbonyl (C=O) groups is 1. The Morgan fingerprint density at radius 1 is 1.15 bits per heavy atom. The smallest absolute Gasteiger partial charge is 0.253 e. The molecule has 8 heteroatoms. The van der Waals surface area contributed by atoms with Gasteiger partial charge in [0.1, 0.15) is 0 Å². The van der Waals surface area contributed by atoms with Crippen molar-refractivity contribution in [2.45, 2.75) is 48.2 Å². The molecule has 0 aromatic heterocycles. The van der Waals surface area contributed by atoms with E-state index in [1.165, 1.54) is 19.3 Å². The van der Waals surface area contributed by atoms with Crippen molar-refractivity contribution in [1.29, 1.82) is 0 Å². The van der Waals surface area contributed by atoms with E-state index in [-0.39, 0.29) is 5.91 Å². The molecule has 0 saturated carbocycles. The Balaban J connectivity index is 1.61. The predicted octanol–water partition coefficient (Wildman–Crippen LogP) is 5.05. The highest BCUT2D eigenvalue weighted by molar-refractivity contribution is 6.68. The third-order valence-electron chi connectivity index (χ3n) is 5.37. The first-order valence-electron chi connectivity index (χ1n) is 9.33. The Labute approximate surface area is 180 Å². The lowest BCUT2D eigenvalue weighted by Gasteiger charge is -2.44. The van der Waals surface area contributed by atoms with E-state index in [9.17, 15) is 4.79 Å². The minimum Gasteiger partial charge on any atom is -0.354 e. The van der Waals surface area contributed by atoms with Crippen LogP contribution in [0.4, 0.5) is 0 Å². The first-order valence-corrected chi connectivity index (χ1v) is 10.8. The van der Waals surface area contributed by atoms with Gasteiger partial charge in [-0.25, -0.2) is 0 Å². The van der Waals surface area contributed by atoms with Crippen LogP contribution in [0.2, 0.25) is 5.02 Å². The fourth-order valence-electron chi connectivity index (χ4n) is 4.01. The zero-order chi connectivity index (χ0) is 19.4. The quantitative estimate of drug-likeness (QED) is 0.501. The van der Waals surface area contributed by atoms with Crippen LogP contribution >= 0.6 is 46.4 Å². The van der Waals surface area contributed by atoms with Gasteiger partial charge in [0.25, 0.3) is 5.91 Å². The van der Waals surface area contributed by atoms with Gasteiger partial charge in [-0.05, 0) is 69.0 Å². The van der Waals surface area contributed by atoms with Crippen molar-refractivity contribution in [2.24, 2.45) is 5.92 Å². The van der Waals surface area contributed by atoms with Crippen LogP contribution in [-0.4, -0.2) is 46.6 Å². The molecule has 0 bridgehead atoms. The van der Waals surface area contributed by atoms with Crippen LogP contribution in [0.25, 0.3) is 0 Å². The number of hydrogen-bond acceptors (Lipinski definition) is 3. The molecule has 1 amide bonds. The maximum atomic E-state index is 12.5. The Morgan fingerprint density at radius 3 is 2.56 bits per heavy atom. The van der Waals surface area contributed by atoms with Crippen LogP contribution in [-0.2, 0) is 4.74 Å². The molecule has 2 aliphatic heterocycles. The summed E-state index contributed by atoms with van der Waals surface area (Å²) in [7, 11) is 0. The van der Waals surface area contributed by atoms with E-state index in [1.54, 1.807) is 24.3 Å². The molecule has 0 spiro atoms. The molecule has 1 aromatic carbocycles. The average molecular weight is 454 g/mol. The van der Waals surface area contributed by atoms with Crippen molar-refractivity contribution in [3.63, 3.8) is 0 Å². The monoisotopic (exact) mass is 452 g/mol. The minimum absolute atomic E-state index is 0.370. The summed E-state index contributed by atoms with van der Waals surface area (Å²) in [5.41, 5.74) is 0.429. The zero-order valence-electron chi connectivity index (χ0n) is 15.0. The average Bonchev–Trinajstić information content (AvgIpc) is 2.64. The number of nitrogens with zero attached hydrogens (tertiary/aromatic N) is 1. The maximum Gasteiger partial charge on any atom is 0.253 e. The second-order valence-electron chi connectivity index (χ2n) is 7.24. The number of fused-ring (bicyclic) bond motifs is 1. The number of carbonyl (C=O) groups excluding carboxylic acids is 1. The molecule has 3 atom stereocenters. The van der Waals surface area contributed by atoms with Gasteiger partial charge in [0.15, 0.2) is 6.23 Å². The topological polar surface area (TPSA) is 41.6 Å². The maximum absolute atomic E-state index is 12.5. The van der Waals surface area contributed by atoms with Gasteiger partial charge >= 0.3 is 0 Å². The van der Waals surface area contributed by atoms with Crippen molar-refractivity contribution in [2.75, 3.05) is 19.7 Å². The first kappa shape index (κ1) is 21.5. The number of ether oxygens (including phenoxy) is 1. The largest absolute Gasteiger partial charge is 0.354 e. The van der Waals surface area contributed by atoms with Crippen molar-refractivity contribution >= 4 is 52.3 Å². The van der Waals surface area contributed by atoms with Gasteiger partial charge in [0.2, 0.25) is 3.79 Å². The van der Waals surface area contributed by atoms with Gasteiger partial charge in [0.05, 0.1) is 6.61 Å². The highest BCUT2D eigenvalue weighted by atomic mass is 35.6. The van der Waals surface area contributed by atoms with Gasteiger partial charge in [-0.3, -0.25) is 4.79 Å². The van der Waals surface area contributed by atoms with Gasteiger partial charge < -0.3 is 15.0 Å². The molecule has 0 unspecified atom stereocenters. The van der Waals surface area contributed by atoms with Crippen LogP contribution < -0.4 is 5.32 Å². The fraction of sp³-hybridized carbons (Fsp3) is 0.632. The normalized spacial score (nSPS) is 24.9. The van der Waals surface area contributed by atoms with Crippen molar-refractivity contribution in [3.05, 3.63) is 34.9 Å². The van der Waals surface area contributed by atoms with Crippen molar-refractivity contribution < 1.29 is 9.53 Å². The van der Waals surface area contributed by atoms with E-state index in [4.69, 9.17) is 51.1 Å². The van der Waals surface area contributed by atoms with E-state index in [2.05, 4.69) is 10.2 Å². The third-order valence-corrected chi connectivity index (χ3v) is 6.22. The molecule has 1 aromatic rings. The first-order chi connectivity index (χ1) is 12.8. The van der Waals surface area contributed by atoms with Crippen molar-refractivity contribution in [3.8, 4) is 0 Å². The summed E-state index contributed by atoms with van der Waals surface area (Å²) in [6, 6.07) is 7.04. The Kier molecular flexibility index (Phi) is 7.57. The number of halogens is 4. The number of rotatable bonds is 5. The van der Waals surface area contributed by atoms with Crippen LogP contribution in [0.1, 0.15) is 42.5 Å². The summed E-state index contributed by atoms with van der Waals surface area (Å²) < 4.78 is 4.17. The molecular formula is C19H24Cl4N2O2. The summed E-state index contributed by atoms with van der Waals surface area (Å²) in [5, 5.41) is 3.24. The summed E-state index contributed by atoms with van der Waals surface area (Å²) in [6.07, 6.45) is 4.92. The van der Waals surface area contributed by atoms with E-state index >= 15 is 0 Å². The number of hydrogen-bond donors (Lipinski definition) is 1. The molecule has 2 aliphatic rings. The SMILES string of the molecule is O=C(N[C@H](OC[C@H]1CCCN2CCCC[C@@H]12)C(Cl)(Cl)Cl)c1ccc(Cl)cc1. The second-order valence-corrected chi connectivity index (χ2v) is 10.0. The molecule has 2 fully saturated rings. The van der Waals surface area contributed by atoms with E-state index in [0.29, 0.717) is 29.2 Å². The van der Waals surface area contributed by atoms with E-state index in [0.717, 1.165) is 25.9 Å². The van der Waals surface area contributed by atoms with Crippen molar-refractivity contribution in [1.82, 2.24) is 10.2 Å². The number of amides is 1. The number of alkyl halides is 3. The Morgan fingerprint density at radius 2 is 1.85 bits per heavy atom. The number of nitrogens with one attached hydrogen (secondary N) is 1. The van der Waals surface area contributed by atoms with Gasteiger partial charge in [-0.2, -0.15) is 0 Å². The molecule has 0 aliphatic carbocycles. The van der Waals surface area contributed by atoms with E-state index in [1.807, 2.05) is 0 Å². The summed E-state index contributed by atoms with van der Waals surface area (Å²) in [5.74, 6) is 0.0206. The lowest BCUT2D eigenvalue weighted by Crippen LogP contribution is -2.51. The number of piperidine rings is 2. The molecule has 3 rings (SSSR count). The van der Waals surface area contributed by atoms with Crippen LogP contribution in [0.15, 0.2) is 24.3 Å².